The van der Waals surface area contributed by atoms with Crippen LogP contribution < -0.4 is 5.32 Å². The quantitative estimate of drug-likeness (QED) is 0.854. The summed E-state index contributed by atoms with van der Waals surface area (Å²) in [5, 5.41) is 2.72. The molecule has 1 aromatic rings. The Bertz CT molecular complexity index is 355. The zero-order valence-electron chi connectivity index (χ0n) is 9.67. The molecule has 1 atom stereocenters. The Morgan fingerprint density at radius 1 is 1.18 bits per heavy atom. The van der Waals surface area contributed by atoms with Gasteiger partial charge in [0.2, 0.25) is 0 Å². The smallest absolute Gasteiger partial charge is 0.300 e. The molecule has 17 heavy (non-hydrogen) atoms. The molecule has 94 valence electrons. The molecule has 1 aliphatic carbocycles. The first-order valence-corrected chi connectivity index (χ1v) is 5.84. The Labute approximate surface area is 99.0 Å². The molecule has 1 aliphatic rings. The van der Waals surface area contributed by atoms with Gasteiger partial charge in [0.25, 0.3) is 0 Å². The molecule has 2 rings (SSSR count). The Kier molecular flexibility index (Phi) is 3.43. The molecule has 1 nitrogen and oxygen atoms in total. The van der Waals surface area contributed by atoms with Gasteiger partial charge in [0.15, 0.2) is 0 Å². The second-order valence-corrected chi connectivity index (χ2v) is 4.83. The van der Waals surface area contributed by atoms with Gasteiger partial charge in [0.05, 0.1) is 0 Å². The van der Waals surface area contributed by atoms with E-state index in [1.165, 1.54) is 12.1 Å². The maximum atomic E-state index is 13.0. The summed E-state index contributed by atoms with van der Waals surface area (Å²) >= 11 is 0. The van der Waals surface area contributed by atoms with Gasteiger partial charge in [0, 0.05) is 6.04 Å². The number of halogens is 3. The van der Waals surface area contributed by atoms with Gasteiger partial charge < -0.3 is 0 Å². The number of nitrogens with one attached hydrogen (secondary N) is 1. The highest BCUT2D eigenvalue weighted by Gasteiger charge is 2.43. The molecule has 0 spiro atoms. The van der Waals surface area contributed by atoms with Gasteiger partial charge in [-0.1, -0.05) is 37.3 Å². The standard InChI is InChI=1S/C13H16F3N/c1-9-7-11(8-9)17-12(13(14,15)16)10-5-3-2-4-6-10/h2-6,9,11-12,17H,7-8H2,1H3. The lowest BCUT2D eigenvalue weighted by Gasteiger charge is -2.37. The van der Waals surface area contributed by atoms with Crippen LogP contribution in [0.2, 0.25) is 0 Å². The van der Waals surface area contributed by atoms with Gasteiger partial charge in [-0.05, 0) is 24.3 Å². The summed E-state index contributed by atoms with van der Waals surface area (Å²) < 4.78 is 38.9. The van der Waals surface area contributed by atoms with Crippen LogP contribution in [0.1, 0.15) is 31.4 Å². The van der Waals surface area contributed by atoms with Gasteiger partial charge in [0.1, 0.15) is 6.04 Å². The fourth-order valence-electron chi connectivity index (χ4n) is 2.30. The minimum absolute atomic E-state index is 0.00293. The molecule has 0 radical (unpaired) electrons. The van der Waals surface area contributed by atoms with Crippen LogP contribution in [-0.2, 0) is 0 Å². The lowest BCUT2D eigenvalue weighted by Crippen LogP contribution is -2.46. The summed E-state index contributed by atoms with van der Waals surface area (Å²) in [5.74, 6) is 0.539. The summed E-state index contributed by atoms with van der Waals surface area (Å²) in [6.45, 7) is 2.06. The second kappa shape index (κ2) is 4.69. The van der Waals surface area contributed by atoms with E-state index in [0.717, 1.165) is 12.8 Å². The highest BCUT2D eigenvalue weighted by molar-refractivity contribution is 5.20. The van der Waals surface area contributed by atoms with Crippen molar-refractivity contribution in [3.63, 3.8) is 0 Å². The molecule has 1 aromatic carbocycles. The van der Waals surface area contributed by atoms with E-state index in [1.54, 1.807) is 18.2 Å². The molecular weight excluding hydrogens is 227 g/mol. The fraction of sp³-hybridized carbons (Fsp3) is 0.538. The molecule has 4 heteroatoms. The highest BCUT2D eigenvalue weighted by Crippen LogP contribution is 2.36. The van der Waals surface area contributed by atoms with Crippen LogP contribution in [0.25, 0.3) is 0 Å². The van der Waals surface area contributed by atoms with Crippen molar-refractivity contribution in [1.29, 1.82) is 0 Å². The average molecular weight is 243 g/mol. The normalized spacial score (nSPS) is 26.4. The van der Waals surface area contributed by atoms with Crippen molar-refractivity contribution < 1.29 is 13.2 Å². The van der Waals surface area contributed by atoms with Gasteiger partial charge >= 0.3 is 6.18 Å². The first-order chi connectivity index (χ1) is 7.97. The van der Waals surface area contributed by atoms with Crippen LogP contribution in [0.5, 0.6) is 0 Å². The van der Waals surface area contributed by atoms with Crippen molar-refractivity contribution in [1.82, 2.24) is 5.32 Å². The summed E-state index contributed by atoms with van der Waals surface area (Å²) in [7, 11) is 0. The molecule has 1 saturated carbocycles. The van der Waals surface area contributed by atoms with E-state index in [9.17, 15) is 13.2 Å². The van der Waals surface area contributed by atoms with Crippen molar-refractivity contribution in [2.45, 2.75) is 38.0 Å². The monoisotopic (exact) mass is 243 g/mol. The first-order valence-electron chi connectivity index (χ1n) is 5.84. The average Bonchev–Trinajstić information content (AvgIpc) is 2.22. The Hall–Kier alpha value is -1.03. The molecule has 0 amide bonds. The highest BCUT2D eigenvalue weighted by atomic mass is 19.4. The van der Waals surface area contributed by atoms with Gasteiger partial charge in [-0.15, -0.1) is 0 Å². The van der Waals surface area contributed by atoms with E-state index < -0.39 is 12.2 Å². The third kappa shape index (κ3) is 3.00. The topological polar surface area (TPSA) is 12.0 Å². The van der Waals surface area contributed by atoms with Crippen molar-refractivity contribution in [3.05, 3.63) is 35.9 Å². The van der Waals surface area contributed by atoms with E-state index in [-0.39, 0.29) is 6.04 Å². The van der Waals surface area contributed by atoms with Crippen LogP contribution >= 0.6 is 0 Å². The van der Waals surface area contributed by atoms with E-state index in [1.807, 2.05) is 0 Å². The van der Waals surface area contributed by atoms with Gasteiger partial charge in [-0.25, -0.2) is 0 Å². The minimum Gasteiger partial charge on any atom is -0.300 e. The number of rotatable bonds is 3. The zero-order valence-corrected chi connectivity index (χ0v) is 9.67. The molecule has 0 heterocycles. The third-order valence-electron chi connectivity index (χ3n) is 3.24. The van der Waals surface area contributed by atoms with Crippen molar-refractivity contribution in [2.75, 3.05) is 0 Å². The second-order valence-electron chi connectivity index (χ2n) is 4.83. The van der Waals surface area contributed by atoms with E-state index in [2.05, 4.69) is 12.2 Å². The Morgan fingerprint density at radius 3 is 2.24 bits per heavy atom. The van der Waals surface area contributed by atoms with Gasteiger partial charge in [-0.3, -0.25) is 5.32 Å². The molecule has 1 fully saturated rings. The predicted molar refractivity (Wildman–Crippen MR) is 60.6 cm³/mol. The van der Waals surface area contributed by atoms with Gasteiger partial charge in [-0.2, -0.15) is 13.2 Å². The molecule has 1 N–H and O–H groups in total. The van der Waals surface area contributed by atoms with Crippen molar-refractivity contribution >= 4 is 0 Å². The molecule has 0 saturated heterocycles. The SMILES string of the molecule is CC1CC(NC(c2ccccc2)C(F)(F)F)C1. The van der Waals surface area contributed by atoms with E-state index >= 15 is 0 Å². The Morgan fingerprint density at radius 2 is 1.76 bits per heavy atom. The predicted octanol–water partition coefficient (Wildman–Crippen LogP) is 3.68. The lowest BCUT2D eigenvalue weighted by molar-refractivity contribution is -0.161. The number of benzene rings is 1. The van der Waals surface area contributed by atoms with Crippen LogP contribution in [0.3, 0.4) is 0 Å². The molecule has 0 aliphatic heterocycles. The summed E-state index contributed by atoms with van der Waals surface area (Å²) in [6.07, 6.45) is -2.57. The third-order valence-corrected chi connectivity index (χ3v) is 3.24. The Balaban J connectivity index is 2.09. The van der Waals surface area contributed by atoms with Crippen LogP contribution in [0.4, 0.5) is 13.2 Å². The van der Waals surface area contributed by atoms with Crippen LogP contribution in [0, 0.1) is 5.92 Å². The molecule has 1 unspecified atom stereocenters. The fourth-order valence-corrected chi connectivity index (χ4v) is 2.30. The maximum Gasteiger partial charge on any atom is 0.407 e. The van der Waals surface area contributed by atoms with Crippen LogP contribution in [-0.4, -0.2) is 12.2 Å². The number of alkyl halides is 3. The molecule has 0 bridgehead atoms. The van der Waals surface area contributed by atoms with Crippen molar-refractivity contribution in [2.24, 2.45) is 5.92 Å². The summed E-state index contributed by atoms with van der Waals surface area (Å²) in [6, 6.07) is 6.50. The number of hydrogen-bond acceptors (Lipinski definition) is 1. The summed E-state index contributed by atoms with van der Waals surface area (Å²) in [5.41, 5.74) is 0.291. The maximum absolute atomic E-state index is 13.0. The van der Waals surface area contributed by atoms with Crippen molar-refractivity contribution in [3.8, 4) is 0 Å². The number of hydrogen-bond donors (Lipinski definition) is 1. The summed E-state index contributed by atoms with van der Waals surface area (Å²) in [4.78, 5) is 0. The van der Waals surface area contributed by atoms with E-state index in [4.69, 9.17) is 0 Å². The minimum atomic E-state index is -4.24. The van der Waals surface area contributed by atoms with E-state index in [0.29, 0.717) is 11.5 Å². The first kappa shape index (κ1) is 12.4. The zero-order chi connectivity index (χ0) is 12.5. The van der Waals surface area contributed by atoms with Crippen LogP contribution in [0.15, 0.2) is 30.3 Å². The molecular formula is C13H16F3N. The molecule has 0 aromatic heterocycles. The largest absolute Gasteiger partial charge is 0.407 e. The lowest BCUT2D eigenvalue weighted by atomic mass is 9.81.